The highest BCUT2D eigenvalue weighted by Crippen LogP contribution is 2.55. The molecule has 1 saturated carbocycles. The topological polar surface area (TPSA) is 77.1 Å². The van der Waals surface area contributed by atoms with E-state index in [2.05, 4.69) is 17.4 Å². The van der Waals surface area contributed by atoms with Gasteiger partial charge in [0.05, 0.1) is 0 Å². The van der Waals surface area contributed by atoms with Crippen LogP contribution in [0.1, 0.15) is 35.4 Å². The molecule has 0 radical (unpaired) electrons. The van der Waals surface area contributed by atoms with Crippen LogP contribution in [0.5, 0.6) is 17.2 Å². The first kappa shape index (κ1) is 21.3. The van der Waals surface area contributed by atoms with E-state index in [1.54, 1.807) is 0 Å². The van der Waals surface area contributed by atoms with E-state index in [0.29, 0.717) is 42.7 Å². The highest BCUT2D eigenvalue weighted by Gasteiger charge is 2.57. The largest absolute Gasteiger partial charge is 0.491 e. The maximum absolute atomic E-state index is 14.0. The van der Waals surface area contributed by atoms with Crippen LogP contribution in [0, 0.1) is 5.92 Å². The predicted molar refractivity (Wildman–Crippen MR) is 133 cm³/mol. The average molecular weight is 483 g/mol. The van der Waals surface area contributed by atoms with Crippen molar-refractivity contribution in [3.8, 4) is 17.2 Å². The van der Waals surface area contributed by atoms with Crippen molar-refractivity contribution in [1.82, 2.24) is 5.32 Å². The Morgan fingerprint density at radius 2 is 1.72 bits per heavy atom. The second kappa shape index (κ2) is 8.01. The van der Waals surface area contributed by atoms with E-state index in [9.17, 15) is 9.59 Å². The molecule has 3 atom stereocenters. The molecule has 3 unspecified atom stereocenters. The van der Waals surface area contributed by atoms with Crippen LogP contribution in [0.25, 0.3) is 0 Å². The van der Waals surface area contributed by atoms with Crippen LogP contribution in [0.4, 0.5) is 5.69 Å². The van der Waals surface area contributed by atoms with Crippen molar-refractivity contribution in [2.75, 3.05) is 31.4 Å². The summed E-state index contributed by atoms with van der Waals surface area (Å²) in [5.41, 5.74) is 2.99. The lowest BCUT2D eigenvalue weighted by atomic mass is 9.77. The summed E-state index contributed by atoms with van der Waals surface area (Å²) in [6.45, 7) is 1.46. The van der Waals surface area contributed by atoms with Gasteiger partial charge in [0.2, 0.25) is 18.6 Å². The molecule has 7 nitrogen and oxygen atoms in total. The number of rotatable bonds is 6. The zero-order valence-electron chi connectivity index (χ0n) is 19.7. The molecule has 3 heterocycles. The number of benzene rings is 3. The fourth-order valence-corrected chi connectivity index (χ4v) is 5.92. The Labute approximate surface area is 209 Å². The minimum atomic E-state index is -0.896. The normalized spacial score (nSPS) is 24.4. The maximum Gasteiger partial charge on any atom is 0.245 e. The summed E-state index contributed by atoms with van der Waals surface area (Å²) < 4.78 is 17.1. The van der Waals surface area contributed by atoms with Crippen molar-refractivity contribution in [1.29, 1.82) is 0 Å². The molecule has 7 heteroatoms. The molecular formula is C29H26N2O5. The van der Waals surface area contributed by atoms with Gasteiger partial charge in [-0.25, -0.2) is 0 Å². The Morgan fingerprint density at radius 1 is 0.944 bits per heavy atom. The highest BCUT2D eigenvalue weighted by atomic mass is 16.7. The molecule has 2 amide bonds. The van der Waals surface area contributed by atoms with E-state index >= 15 is 0 Å². The second-order valence-corrected chi connectivity index (χ2v) is 9.87. The average Bonchev–Trinajstić information content (AvgIpc) is 3.35. The third-order valence-electron chi connectivity index (χ3n) is 7.86. The van der Waals surface area contributed by atoms with Crippen molar-refractivity contribution in [2.45, 2.75) is 24.2 Å². The first-order valence-corrected chi connectivity index (χ1v) is 12.5. The van der Waals surface area contributed by atoms with Crippen molar-refractivity contribution in [2.24, 2.45) is 5.92 Å². The van der Waals surface area contributed by atoms with Gasteiger partial charge in [-0.1, -0.05) is 48.5 Å². The molecule has 0 aromatic heterocycles. The summed E-state index contributed by atoms with van der Waals surface area (Å²) >= 11 is 0. The lowest BCUT2D eigenvalue weighted by molar-refractivity contribution is -0.122. The van der Waals surface area contributed by atoms with Gasteiger partial charge >= 0.3 is 0 Å². The van der Waals surface area contributed by atoms with Crippen LogP contribution < -0.4 is 24.4 Å². The summed E-state index contributed by atoms with van der Waals surface area (Å²) in [4.78, 5) is 28.5. The van der Waals surface area contributed by atoms with Crippen molar-refractivity contribution < 1.29 is 23.8 Å². The van der Waals surface area contributed by atoms with E-state index in [1.807, 2.05) is 59.5 Å². The maximum atomic E-state index is 14.0. The van der Waals surface area contributed by atoms with Gasteiger partial charge in [-0.3, -0.25) is 9.59 Å². The van der Waals surface area contributed by atoms with Crippen LogP contribution in [0.2, 0.25) is 0 Å². The van der Waals surface area contributed by atoms with Gasteiger partial charge in [-0.05, 0) is 42.0 Å². The monoisotopic (exact) mass is 482 g/mol. The fraction of sp³-hybridized carbons (Fsp3) is 0.310. The molecule has 4 aliphatic rings. The van der Waals surface area contributed by atoms with E-state index in [4.69, 9.17) is 14.2 Å². The minimum absolute atomic E-state index is 0.000948. The van der Waals surface area contributed by atoms with Gasteiger partial charge in [-0.2, -0.15) is 0 Å². The summed E-state index contributed by atoms with van der Waals surface area (Å²) in [6.07, 6.45) is 1.56. The third-order valence-corrected chi connectivity index (χ3v) is 7.86. The Bertz CT molecular complexity index is 1370. The predicted octanol–water partition coefficient (Wildman–Crippen LogP) is 3.75. The Kier molecular flexibility index (Phi) is 4.74. The summed E-state index contributed by atoms with van der Waals surface area (Å²) in [5.74, 6) is 2.40. The second-order valence-electron chi connectivity index (χ2n) is 9.87. The summed E-state index contributed by atoms with van der Waals surface area (Å²) in [5, 5.41) is 3.08. The number of fused-ring (bicyclic) bond motifs is 5. The van der Waals surface area contributed by atoms with Crippen LogP contribution in [-0.2, 0) is 15.0 Å². The molecule has 1 spiro atoms. The van der Waals surface area contributed by atoms with Gasteiger partial charge in [-0.15, -0.1) is 0 Å². The van der Waals surface area contributed by atoms with Gasteiger partial charge in [0.25, 0.3) is 0 Å². The third kappa shape index (κ3) is 3.11. The number of amides is 2. The lowest BCUT2D eigenvalue weighted by Gasteiger charge is -2.23. The number of nitrogens with one attached hydrogen (secondary N) is 1. The number of hydrogen-bond donors (Lipinski definition) is 1. The highest BCUT2D eigenvalue weighted by molar-refractivity contribution is 6.11. The quantitative estimate of drug-likeness (QED) is 0.542. The molecule has 3 aromatic carbocycles. The van der Waals surface area contributed by atoms with Gasteiger partial charge in [0, 0.05) is 36.3 Å². The Morgan fingerprint density at radius 3 is 2.58 bits per heavy atom. The summed E-state index contributed by atoms with van der Waals surface area (Å²) in [6, 6.07) is 21.8. The minimum Gasteiger partial charge on any atom is -0.491 e. The number of ether oxygens (including phenoxy) is 3. The van der Waals surface area contributed by atoms with E-state index in [-0.39, 0.29) is 31.1 Å². The van der Waals surface area contributed by atoms with Crippen molar-refractivity contribution in [3.05, 3.63) is 83.4 Å². The van der Waals surface area contributed by atoms with Crippen molar-refractivity contribution >= 4 is 17.5 Å². The fourth-order valence-electron chi connectivity index (χ4n) is 5.92. The van der Waals surface area contributed by atoms with Crippen LogP contribution >= 0.6 is 0 Å². The number of carbonyl (C=O) groups is 2. The number of carbonyl (C=O) groups excluding carboxylic acids is 2. The zero-order valence-corrected chi connectivity index (χ0v) is 19.7. The molecule has 3 aromatic rings. The standard InChI is InChI=1S/C29H26N2O5/c32-27(20-13-19(20)18-7-2-1-3-8-18)30-11-6-12-31-23-10-5-4-9-21(23)29(28(31)33)16-34-24-15-26-25(14-22(24)29)35-17-36-26/h1-5,7-10,14-15,19-20H,6,11-13,16-17H2,(H,30,32). The van der Waals surface area contributed by atoms with Crippen LogP contribution in [0.3, 0.4) is 0 Å². The van der Waals surface area contributed by atoms with Crippen LogP contribution in [-0.4, -0.2) is 38.3 Å². The molecule has 1 fully saturated rings. The zero-order chi connectivity index (χ0) is 24.3. The van der Waals surface area contributed by atoms with Gasteiger partial charge < -0.3 is 24.4 Å². The van der Waals surface area contributed by atoms with Crippen LogP contribution in [0.15, 0.2) is 66.7 Å². The number of para-hydroxylation sites is 1. The smallest absolute Gasteiger partial charge is 0.245 e. The van der Waals surface area contributed by atoms with Crippen molar-refractivity contribution in [3.63, 3.8) is 0 Å². The molecule has 3 aliphatic heterocycles. The number of anilines is 1. The molecular weight excluding hydrogens is 456 g/mol. The molecule has 1 N–H and O–H groups in total. The Hall–Kier alpha value is -4.00. The Balaban J connectivity index is 1.05. The molecule has 0 saturated heterocycles. The van der Waals surface area contributed by atoms with E-state index < -0.39 is 5.41 Å². The van der Waals surface area contributed by atoms with Gasteiger partial charge in [0.1, 0.15) is 17.8 Å². The number of nitrogens with zero attached hydrogens (tertiary/aromatic N) is 1. The molecule has 7 rings (SSSR count). The molecule has 36 heavy (non-hydrogen) atoms. The van der Waals surface area contributed by atoms with E-state index in [0.717, 1.165) is 23.2 Å². The first-order valence-electron chi connectivity index (χ1n) is 12.5. The SMILES string of the molecule is O=C(NCCCN1C(=O)C2(COc3cc4c(cc32)OCO4)c2ccccc21)C1CC1c1ccccc1. The molecule has 182 valence electrons. The summed E-state index contributed by atoms with van der Waals surface area (Å²) in [7, 11) is 0. The number of hydrogen-bond acceptors (Lipinski definition) is 5. The van der Waals surface area contributed by atoms with E-state index in [1.165, 1.54) is 5.56 Å². The molecule has 1 aliphatic carbocycles. The van der Waals surface area contributed by atoms with Gasteiger partial charge in [0.15, 0.2) is 11.5 Å². The first-order chi connectivity index (χ1) is 17.7. The molecule has 0 bridgehead atoms. The lowest BCUT2D eigenvalue weighted by Crippen LogP contribution is -2.43.